The SMILES string of the molecule is COc1cc(C)cc(C)c1NCC1(CO)COC1. The highest BCUT2D eigenvalue weighted by Crippen LogP contribution is 2.33. The summed E-state index contributed by atoms with van der Waals surface area (Å²) in [4.78, 5) is 0. The number of nitrogens with one attached hydrogen (secondary N) is 1. The van der Waals surface area contributed by atoms with Crippen LogP contribution in [0.2, 0.25) is 0 Å². The summed E-state index contributed by atoms with van der Waals surface area (Å²) in [5, 5.41) is 12.8. The van der Waals surface area contributed by atoms with Gasteiger partial charge in [0.25, 0.3) is 0 Å². The molecule has 1 fully saturated rings. The maximum Gasteiger partial charge on any atom is 0.142 e. The molecule has 0 aromatic heterocycles. The van der Waals surface area contributed by atoms with Crippen LogP contribution in [0.3, 0.4) is 0 Å². The molecule has 1 aliphatic rings. The van der Waals surface area contributed by atoms with Crippen LogP contribution in [0, 0.1) is 19.3 Å². The van der Waals surface area contributed by atoms with Gasteiger partial charge in [-0.2, -0.15) is 0 Å². The highest BCUT2D eigenvalue weighted by Gasteiger charge is 2.38. The molecule has 0 saturated carbocycles. The third-order valence-corrected chi connectivity index (χ3v) is 3.46. The molecule has 0 amide bonds. The minimum Gasteiger partial charge on any atom is -0.495 e. The Bertz CT molecular complexity index is 422. The van der Waals surface area contributed by atoms with Crippen molar-refractivity contribution < 1.29 is 14.6 Å². The van der Waals surface area contributed by atoms with E-state index in [1.807, 2.05) is 13.0 Å². The summed E-state index contributed by atoms with van der Waals surface area (Å²) in [7, 11) is 1.67. The fourth-order valence-electron chi connectivity index (χ4n) is 2.23. The molecule has 100 valence electrons. The lowest BCUT2D eigenvalue weighted by Crippen LogP contribution is -2.50. The molecule has 1 aromatic rings. The summed E-state index contributed by atoms with van der Waals surface area (Å²) < 4.78 is 10.6. The van der Waals surface area contributed by atoms with Crippen LogP contribution in [-0.4, -0.2) is 38.6 Å². The molecule has 4 nitrogen and oxygen atoms in total. The lowest BCUT2D eigenvalue weighted by molar-refractivity contribution is -0.128. The van der Waals surface area contributed by atoms with Crippen molar-refractivity contribution in [2.24, 2.45) is 5.41 Å². The van der Waals surface area contributed by atoms with Crippen LogP contribution < -0.4 is 10.1 Å². The van der Waals surface area contributed by atoms with E-state index >= 15 is 0 Å². The number of aryl methyl sites for hydroxylation is 2. The van der Waals surface area contributed by atoms with Gasteiger partial charge in [0.2, 0.25) is 0 Å². The number of hydrogen-bond donors (Lipinski definition) is 2. The predicted molar refractivity (Wildman–Crippen MR) is 71.3 cm³/mol. The standard InChI is InChI=1S/C14H21NO3/c1-10-4-11(2)13(12(5-10)17-3)15-6-14(7-16)8-18-9-14/h4-5,15-16H,6-9H2,1-3H3. The van der Waals surface area contributed by atoms with E-state index in [2.05, 4.69) is 18.3 Å². The van der Waals surface area contributed by atoms with Crippen LogP contribution in [-0.2, 0) is 4.74 Å². The van der Waals surface area contributed by atoms with Gasteiger partial charge in [-0.1, -0.05) is 6.07 Å². The summed E-state index contributed by atoms with van der Waals surface area (Å²) in [6.07, 6.45) is 0. The van der Waals surface area contributed by atoms with Crippen molar-refractivity contribution in [1.29, 1.82) is 0 Å². The van der Waals surface area contributed by atoms with E-state index in [4.69, 9.17) is 9.47 Å². The topological polar surface area (TPSA) is 50.7 Å². The molecular weight excluding hydrogens is 230 g/mol. The van der Waals surface area contributed by atoms with Gasteiger partial charge in [0, 0.05) is 6.54 Å². The van der Waals surface area contributed by atoms with E-state index in [1.54, 1.807) is 7.11 Å². The van der Waals surface area contributed by atoms with Crippen LogP contribution in [0.25, 0.3) is 0 Å². The first-order chi connectivity index (χ1) is 8.60. The Morgan fingerprint density at radius 2 is 2.11 bits per heavy atom. The van der Waals surface area contributed by atoms with E-state index in [0.29, 0.717) is 19.8 Å². The summed E-state index contributed by atoms with van der Waals surface area (Å²) in [6, 6.07) is 4.13. The molecule has 0 unspecified atom stereocenters. The van der Waals surface area contributed by atoms with Gasteiger partial charge in [-0.05, 0) is 31.0 Å². The van der Waals surface area contributed by atoms with Gasteiger partial charge in [0.05, 0.1) is 38.0 Å². The van der Waals surface area contributed by atoms with E-state index in [1.165, 1.54) is 5.56 Å². The molecule has 0 aliphatic carbocycles. The minimum atomic E-state index is -0.137. The summed E-state index contributed by atoms with van der Waals surface area (Å²) >= 11 is 0. The second-order valence-corrected chi connectivity index (χ2v) is 5.16. The molecular formula is C14H21NO3. The normalized spacial score (nSPS) is 17.1. The van der Waals surface area contributed by atoms with E-state index < -0.39 is 0 Å². The quantitative estimate of drug-likeness (QED) is 0.837. The van der Waals surface area contributed by atoms with Crippen molar-refractivity contribution in [2.75, 3.05) is 38.8 Å². The van der Waals surface area contributed by atoms with Crippen molar-refractivity contribution in [3.05, 3.63) is 23.3 Å². The van der Waals surface area contributed by atoms with E-state index in [0.717, 1.165) is 17.0 Å². The summed E-state index contributed by atoms with van der Waals surface area (Å²) in [5.41, 5.74) is 3.20. The zero-order chi connectivity index (χ0) is 13.2. The zero-order valence-corrected chi connectivity index (χ0v) is 11.2. The van der Waals surface area contributed by atoms with Gasteiger partial charge >= 0.3 is 0 Å². The van der Waals surface area contributed by atoms with Gasteiger partial charge in [0.15, 0.2) is 0 Å². The molecule has 1 saturated heterocycles. The Labute approximate surface area is 108 Å². The Balaban J connectivity index is 2.13. The summed E-state index contributed by atoms with van der Waals surface area (Å²) in [5.74, 6) is 0.848. The molecule has 18 heavy (non-hydrogen) atoms. The van der Waals surface area contributed by atoms with Crippen LogP contribution in [0.15, 0.2) is 12.1 Å². The molecule has 4 heteroatoms. The largest absolute Gasteiger partial charge is 0.495 e. The number of rotatable bonds is 5. The number of ether oxygens (including phenoxy) is 2. The minimum absolute atomic E-state index is 0.137. The first kappa shape index (κ1) is 13.2. The molecule has 0 atom stereocenters. The second kappa shape index (κ2) is 5.16. The van der Waals surface area contributed by atoms with Gasteiger partial charge in [-0.25, -0.2) is 0 Å². The van der Waals surface area contributed by atoms with Crippen LogP contribution in [0.1, 0.15) is 11.1 Å². The van der Waals surface area contributed by atoms with Gasteiger partial charge in [-0.15, -0.1) is 0 Å². The van der Waals surface area contributed by atoms with Crippen LogP contribution in [0.5, 0.6) is 5.75 Å². The number of aliphatic hydroxyl groups is 1. The molecule has 0 spiro atoms. The third kappa shape index (κ3) is 2.44. The Morgan fingerprint density at radius 1 is 1.39 bits per heavy atom. The van der Waals surface area contributed by atoms with E-state index in [9.17, 15) is 5.11 Å². The number of benzene rings is 1. The van der Waals surface area contributed by atoms with Crippen molar-refractivity contribution in [1.82, 2.24) is 0 Å². The van der Waals surface area contributed by atoms with Gasteiger partial charge < -0.3 is 19.9 Å². The van der Waals surface area contributed by atoms with Crippen molar-refractivity contribution in [3.63, 3.8) is 0 Å². The highest BCUT2D eigenvalue weighted by atomic mass is 16.5. The van der Waals surface area contributed by atoms with Crippen molar-refractivity contribution >= 4 is 5.69 Å². The highest BCUT2D eigenvalue weighted by molar-refractivity contribution is 5.63. The average molecular weight is 251 g/mol. The number of methoxy groups -OCH3 is 1. The van der Waals surface area contributed by atoms with Crippen LogP contribution >= 0.6 is 0 Å². The number of aliphatic hydroxyl groups excluding tert-OH is 1. The third-order valence-electron chi connectivity index (χ3n) is 3.46. The Morgan fingerprint density at radius 3 is 2.61 bits per heavy atom. The first-order valence-electron chi connectivity index (χ1n) is 6.18. The Kier molecular flexibility index (Phi) is 3.78. The molecule has 1 heterocycles. The Hall–Kier alpha value is -1.26. The maximum absolute atomic E-state index is 9.40. The monoisotopic (exact) mass is 251 g/mol. The van der Waals surface area contributed by atoms with Crippen molar-refractivity contribution in [2.45, 2.75) is 13.8 Å². The molecule has 2 N–H and O–H groups in total. The van der Waals surface area contributed by atoms with Gasteiger partial charge in [-0.3, -0.25) is 0 Å². The molecule has 0 radical (unpaired) electrons. The average Bonchev–Trinajstić information content (AvgIpc) is 2.29. The van der Waals surface area contributed by atoms with Crippen LogP contribution in [0.4, 0.5) is 5.69 Å². The first-order valence-corrected chi connectivity index (χ1v) is 6.18. The molecule has 2 rings (SSSR count). The number of anilines is 1. The lowest BCUT2D eigenvalue weighted by atomic mass is 9.87. The summed E-state index contributed by atoms with van der Waals surface area (Å²) in [6.45, 7) is 6.18. The van der Waals surface area contributed by atoms with Gasteiger partial charge in [0.1, 0.15) is 5.75 Å². The smallest absolute Gasteiger partial charge is 0.142 e. The van der Waals surface area contributed by atoms with E-state index in [-0.39, 0.29) is 12.0 Å². The second-order valence-electron chi connectivity index (χ2n) is 5.16. The maximum atomic E-state index is 9.40. The molecule has 1 aromatic carbocycles. The fraction of sp³-hybridized carbons (Fsp3) is 0.571. The number of hydrogen-bond acceptors (Lipinski definition) is 4. The zero-order valence-electron chi connectivity index (χ0n) is 11.2. The predicted octanol–water partition coefficient (Wildman–Crippen LogP) is 1.73. The molecule has 1 aliphatic heterocycles. The molecule has 0 bridgehead atoms. The lowest BCUT2D eigenvalue weighted by Gasteiger charge is -2.40. The van der Waals surface area contributed by atoms with Crippen molar-refractivity contribution in [3.8, 4) is 5.75 Å². The fourth-order valence-corrected chi connectivity index (χ4v) is 2.23.